The number of terminal acetylenes is 1. The zero-order valence-electron chi connectivity index (χ0n) is 10.5. The van der Waals surface area contributed by atoms with E-state index in [0.29, 0.717) is 5.56 Å². The number of hydrogen-bond acceptors (Lipinski definition) is 2. The van der Waals surface area contributed by atoms with E-state index in [2.05, 4.69) is 5.92 Å². The molecule has 0 aliphatic heterocycles. The summed E-state index contributed by atoms with van der Waals surface area (Å²) in [6, 6.07) is 13.5. The summed E-state index contributed by atoms with van der Waals surface area (Å²) >= 11 is 0. The minimum atomic E-state index is -0.428. The normalized spacial score (nSPS) is 8.68. The molecule has 3 heteroatoms. The molecular weight excluding hydrogens is 243 g/mol. The molecule has 0 saturated heterocycles. The standard InChI is InChI=1S/C9H7FO.C7H6O/c1-3-7-4-5-9(11-2)8(10)6-7;8-6-7-4-2-1-3-5-7/h1,4-6H,2H3;1-6H. The highest BCUT2D eigenvalue weighted by Gasteiger charge is 2.00. The van der Waals surface area contributed by atoms with E-state index in [9.17, 15) is 9.18 Å². The molecule has 2 rings (SSSR count). The maximum atomic E-state index is 12.8. The maximum absolute atomic E-state index is 12.8. The number of hydrogen-bond donors (Lipinski definition) is 0. The molecule has 0 amide bonds. The van der Waals surface area contributed by atoms with E-state index in [-0.39, 0.29) is 5.75 Å². The van der Waals surface area contributed by atoms with Crippen molar-refractivity contribution >= 4 is 6.29 Å². The molecule has 0 radical (unpaired) electrons. The Morgan fingerprint density at radius 2 is 1.89 bits per heavy atom. The Bertz CT molecular complexity index is 571. The molecule has 96 valence electrons. The number of benzene rings is 2. The van der Waals surface area contributed by atoms with Crippen LogP contribution in [0.4, 0.5) is 4.39 Å². The Kier molecular flexibility index (Phi) is 5.84. The molecule has 0 saturated carbocycles. The van der Waals surface area contributed by atoms with Crippen molar-refractivity contribution in [3.63, 3.8) is 0 Å². The molecule has 0 aliphatic carbocycles. The van der Waals surface area contributed by atoms with Gasteiger partial charge in [0.1, 0.15) is 6.29 Å². The van der Waals surface area contributed by atoms with Crippen LogP contribution in [-0.2, 0) is 0 Å². The third-order valence-corrected chi connectivity index (χ3v) is 2.25. The minimum absolute atomic E-state index is 0.212. The Balaban J connectivity index is 0.000000200. The second-order valence-corrected chi connectivity index (χ2v) is 3.52. The Morgan fingerprint density at radius 1 is 1.21 bits per heavy atom. The number of ether oxygens (including phenoxy) is 1. The van der Waals surface area contributed by atoms with Crippen LogP contribution in [0.1, 0.15) is 15.9 Å². The third kappa shape index (κ3) is 4.64. The molecule has 2 nitrogen and oxygen atoms in total. The molecule has 0 unspecified atom stereocenters. The molecule has 2 aromatic carbocycles. The molecule has 0 aromatic heterocycles. The summed E-state index contributed by atoms with van der Waals surface area (Å²) in [5, 5.41) is 0. The number of carbonyl (C=O) groups excluding carboxylic acids is 1. The first kappa shape index (κ1) is 14.5. The van der Waals surface area contributed by atoms with Crippen LogP contribution in [-0.4, -0.2) is 13.4 Å². The lowest BCUT2D eigenvalue weighted by Gasteiger charge is -2.00. The molecule has 2 aromatic rings. The summed E-state index contributed by atoms with van der Waals surface area (Å²) < 4.78 is 17.5. The topological polar surface area (TPSA) is 26.3 Å². The molecule has 0 spiro atoms. The van der Waals surface area contributed by atoms with E-state index >= 15 is 0 Å². The second kappa shape index (κ2) is 7.67. The van der Waals surface area contributed by atoms with Gasteiger partial charge in [0, 0.05) is 11.1 Å². The van der Waals surface area contributed by atoms with E-state index in [1.165, 1.54) is 19.2 Å². The van der Waals surface area contributed by atoms with Crippen molar-refractivity contribution in [1.82, 2.24) is 0 Å². The summed E-state index contributed by atoms with van der Waals surface area (Å²) in [6.45, 7) is 0. The Morgan fingerprint density at radius 3 is 2.32 bits per heavy atom. The highest BCUT2D eigenvalue weighted by Crippen LogP contribution is 2.16. The first-order chi connectivity index (χ1) is 9.21. The molecule has 19 heavy (non-hydrogen) atoms. The van der Waals surface area contributed by atoms with E-state index in [4.69, 9.17) is 11.2 Å². The van der Waals surface area contributed by atoms with Gasteiger partial charge in [-0.2, -0.15) is 0 Å². The average molecular weight is 256 g/mol. The highest BCUT2D eigenvalue weighted by atomic mass is 19.1. The van der Waals surface area contributed by atoms with Crippen LogP contribution in [0.15, 0.2) is 48.5 Å². The van der Waals surface area contributed by atoms with Crippen LogP contribution in [0.25, 0.3) is 0 Å². The van der Waals surface area contributed by atoms with Crippen LogP contribution < -0.4 is 4.74 Å². The predicted molar refractivity (Wildman–Crippen MR) is 72.7 cm³/mol. The van der Waals surface area contributed by atoms with Crippen LogP contribution in [0.3, 0.4) is 0 Å². The summed E-state index contributed by atoms with van der Waals surface area (Å²) in [4.78, 5) is 10.0. The maximum Gasteiger partial charge on any atom is 0.166 e. The van der Waals surface area contributed by atoms with Gasteiger partial charge in [-0.3, -0.25) is 4.79 Å². The highest BCUT2D eigenvalue weighted by molar-refractivity contribution is 5.74. The minimum Gasteiger partial charge on any atom is -0.494 e. The van der Waals surface area contributed by atoms with Crippen molar-refractivity contribution in [1.29, 1.82) is 0 Å². The average Bonchev–Trinajstić information content (AvgIpc) is 2.48. The first-order valence-electron chi connectivity index (χ1n) is 5.51. The molecule has 0 N–H and O–H groups in total. The molecule has 0 atom stereocenters. The lowest BCUT2D eigenvalue weighted by atomic mass is 10.2. The fraction of sp³-hybridized carbons (Fsp3) is 0.0625. The quantitative estimate of drug-likeness (QED) is 0.608. The van der Waals surface area contributed by atoms with Gasteiger partial charge in [0.2, 0.25) is 0 Å². The van der Waals surface area contributed by atoms with Crippen molar-refractivity contribution in [3.8, 4) is 18.1 Å². The fourth-order valence-electron chi connectivity index (χ4n) is 1.29. The molecule has 0 bridgehead atoms. The van der Waals surface area contributed by atoms with Crippen LogP contribution >= 0.6 is 0 Å². The lowest BCUT2D eigenvalue weighted by Crippen LogP contribution is -1.87. The number of rotatable bonds is 2. The van der Waals surface area contributed by atoms with E-state index < -0.39 is 5.82 Å². The van der Waals surface area contributed by atoms with Crippen molar-refractivity contribution in [3.05, 3.63) is 65.5 Å². The first-order valence-corrected chi connectivity index (χ1v) is 5.51. The summed E-state index contributed by atoms with van der Waals surface area (Å²) in [7, 11) is 1.41. The largest absolute Gasteiger partial charge is 0.494 e. The van der Waals surface area contributed by atoms with Gasteiger partial charge in [-0.1, -0.05) is 36.3 Å². The second-order valence-electron chi connectivity index (χ2n) is 3.52. The van der Waals surface area contributed by atoms with Gasteiger partial charge >= 0.3 is 0 Å². The third-order valence-electron chi connectivity index (χ3n) is 2.25. The van der Waals surface area contributed by atoms with Gasteiger partial charge in [0.15, 0.2) is 11.6 Å². The molecule has 0 aliphatic rings. The smallest absolute Gasteiger partial charge is 0.166 e. The molecular formula is C16H13FO2. The number of aldehydes is 1. The van der Waals surface area contributed by atoms with Gasteiger partial charge < -0.3 is 4.74 Å². The molecule has 0 heterocycles. The zero-order chi connectivity index (χ0) is 14.1. The Hall–Kier alpha value is -2.60. The van der Waals surface area contributed by atoms with E-state index in [1.54, 1.807) is 18.2 Å². The van der Waals surface area contributed by atoms with Crippen molar-refractivity contribution in [2.24, 2.45) is 0 Å². The van der Waals surface area contributed by atoms with Crippen molar-refractivity contribution in [2.45, 2.75) is 0 Å². The lowest BCUT2D eigenvalue weighted by molar-refractivity contribution is 0.112. The van der Waals surface area contributed by atoms with Crippen molar-refractivity contribution in [2.75, 3.05) is 7.11 Å². The zero-order valence-corrected chi connectivity index (χ0v) is 10.5. The van der Waals surface area contributed by atoms with Crippen LogP contribution in [0, 0.1) is 18.2 Å². The van der Waals surface area contributed by atoms with Crippen LogP contribution in [0.5, 0.6) is 5.75 Å². The fourth-order valence-corrected chi connectivity index (χ4v) is 1.29. The SMILES string of the molecule is C#Cc1ccc(OC)c(F)c1.O=Cc1ccccc1. The van der Waals surface area contributed by atoms with Gasteiger partial charge in [-0.05, 0) is 18.2 Å². The summed E-state index contributed by atoms with van der Waals surface area (Å²) in [5.41, 5.74) is 1.25. The Labute approximate surface area is 111 Å². The monoisotopic (exact) mass is 256 g/mol. The predicted octanol–water partition coefficient (Wildman–Crippen LogP) is 3.31. The van der Waals surface area contributed by atoms with E-state index in [0.717, 1.165) is 11.8 Å². The van der Waals surface area contributed by atoms with Gasteiger partial charge in [0.05, 0.1) is 7.11 Å². The van der Waals surface area contributed by atoms with Gasteiger partial charge in [0.25, 0.3) is 0 Å². The number of halogens is 1. The summed E-state index contributed by atoms with van der Waals surface area (Å²) in [5.74, 6) is 2.11. The van der Waals surface area contributed by atoms with E-state index in [1.807, 2.05) is 18.2 Å². The van der Waals surface area contributed by atoms with Gasteiger partial charge in [-0.25, -0.2) is 4.39 Å². The number of methoxy groups -OCH3 is 1. The van der Waals surface area contributed by atoms with Crippen molar-refractivity contribution < 1.29 is 13.9 Å². The van der Waals surface area contributed by atoms with Crippen LogP contribution in [0.2, 0.25) is 0 Å². The number of carbonyl (C=O) groups is 1. The summed E-state index contributed by atoms with van der Waals surface area (Å²) in [6.07, 6.45) is 5.89. The molecule has 0 fully saturated rings. The van der Waals surface area contributed by atoms with Gasteiger partial charge in [-0.15, -0.1) is 6.42 Å².